The summed E-state index contributed by atoms with van der Waals surface area (Å²) < 4.78 is 69.2. The predicted octanol–water partition coefficient (Wildman–Crippen LogP) is 30.1. The Balaban J connectivity index is 5.20. The van der Waals surface area contributed by atoms with E-state index >= 15 is 0 Å². The normalized spacial score (nSPS) is 14.1. The zero-order valence-corrected chi connectivity index (χ0v) is 77.9. The van der Waals surface area contributed by atoms with E-state index < -0.39 is 97.5 Å². The minimum Gasteiger partial charge on any atom is -0.462 e. The quantitative estimate of drug-likeness (QED) is 0.0222. The first-order chi connectivity index (χ1) is 55.9. The van der Waals surface area contributed by atoms with Crippen molar-refractivity contribution in [2.75, 3.05) is 39.6 Å². The average Bonchev–Trinajstić information content (AvgIpc) is 0.895. The second-order valence-electron chi connectivity index (χ2n) is 34.9. The summed E-state index contributed by atoms with van der Waals surface area (Å²) in [6, 6.07) is 0. The van der Waals surface area contributed by atoms with E-state index in [0.717, 1.165) is 102 Å². The van der Waals surface area contributed by atoms with Gasteiger partial charge in [-0.05, 0) is 37.5 Å². The molecule has 0 bridgehead atoms. The molecule has 0 aliphatic heterocycles. The molecule has 0 aromatic rings. The van der Waals surface area contributed by atoms with E-state index in [0.29, 0.717) is 25.7 Å². The van der Waals surface area contributed by atoms with Crippen molar-refractivity contribution >= 4 is 39.5 Å². The first-order valence-corrected chi connectivity index (χ1v) is 52.6. The fraction of sp³-hybridized carbons (Fsp3) is 0.958. The molecule has 3 N–H and O–H groups in total. The molecule has 115 heavy (non-hydrogen) atoms. The van der Waals surface area contributed by atoms with Gasteiger partial charge in [-0.1, -0.05) is 472 Å². The fourth-order valence-electron chi connectivity index (χ4n) is 15.1. The first kappa shape index (κ1) is 113. The van der Waals surface area contributed by atoms with Crippen LogP contribution in [0.15, 0.2) is 0 Å². The van der Waals surface area contributed by atoms with Crippen LogP contribution < -0.4 is 0 Å². The van der Waals surface area contributed by atoms with Crippen molar-refractivity contribution in [1.29, 1.82) is 0 Å². The Labute approximate surface area is 708 Å². The third-order valence-corrected chi connectivity index (χ3v) is 25.3. The number of carbonyl (C=O) groups excluding carboxylic acids is 4. The molecule has 4 unspecified atom stereocenters. The molecular formula is C96H188O17P2. The highest BCUT2D eigenvalue weighted by Gasteiger charge is 2.31. The molecule has 0 radical (unpaired) electrons. The number of aliphatic hydroxyl groups excluding tert-OH is 1. The van der Waals surface area contributed by atoms with Crippen LogP contribution in [0.3, 0.4) is 0 Å². The van der Waals surface area contributed by atoms with Gasteiger partial charge in [-0.15, -0.1) is 0 Å². The molecule has 0 spiro atoms. The summed E-state index contributed by atoms with van der Waals surface area (Å²) in [6.07, 6.45) is 83.5. The molecule has 0 fully saturated rings. The Bertz CT molecular complexity index is 2190. The Morgan fingerprint density at radius 2 is 0.417 bits per heavy atom. The molecule has 0 aromatic heterocycles. The number of ether oxygens (including phenoxy) is 4. The van der Waals surface area contributed by atoms with Crippen LogP contribution in [0.25, 0.3) is 0 Å². The average molecular weight is 1680 g/mol. The van der Waals surface area contributed by atoms with Crippen LogP contribution in [0.2, 0.25) is 0 Å². The van der Waals surface area contributed by atoms with E-state index in [9.17, 15) is 43.2 Å². The van der Waals surface area contributed by atoms with Gasteiger partial charge in [0, 0.05) is 25.7 Å². The highest BCUT2D eigenvalue weighted by molar-refractivity contribution is 7.47. The van der Waals surface area contributed by atoms with Gasteiger partial charge in [-0.2, -0.15) is 0 Å². The molecule has 0 amide bonds. The smallest absolute Gasteiger partial charge is 0.462 e. The molecule has 0 saturated heterocycles. The lowest BCUT2D eigenvalue weighted by molar-refractivity contribution is -0.161. The van der Waals surface area contributed by atoms with Crippen LogP contribution in [0.4, 0.5) is 0 Å². The summed E-state index contributed by atoms with van der Waals surface area (Å²) in [5, 5.41) is 10.7. The lowest BCUT2D eigenvalue weighted by atomic mass is 9.99. The van der Waals surface area contributed by atoms with Crippen LogP contribution in [-0.4, -0.2) is 96.7 Å². The predicted molar refractivity (Wildman–Crippen MR) is 478 cm³/mol. The van der Waals surface area contributed by atoms with Gasteiger partial charge in [0.05, 0.1) is 26.4 Å². The molecular weight excluding hydrogens is 1490 g/mol. The van der Waals surface area contributed by atoms with E-state index in [4.69, 9.17) is 37.0 Å². The summed E-state index contributed by atoms with van der Waals surface area (Å²) >= 11 is 0. The van der Waals surface area contributed by atoms with E-state index in [-0.39, 0.29) is 25.7 Å². The van der Waals surface area contributed by atoms with Crippen LogP contribution in [0.5, 0.6) is 0 Å². The maximum absolute atomic E-state index is 13.2. The van der Waals surface area contributed by atoms with Crippen molar-refractivity contribution in [1.82, 2.24) is 0 Å². The molecule has 0 saturated carbocycles. The highest BCUT2D eigenvalue weighted by Crippen LogP contribution is 2.45. The zero-order valence-electron chi connectivity index (χ0n) is 76.1. The van der Waals surface area contributed by atoms with Gasteiger partial charge < -0.3 is 33.8 Å². The topological polar surface area (TPSA) is 237 Å². The minimum atomic E-state index is -4.97. The summed E-state index contributed by atoms with van der Waals surface area (Å²) in [5.41, 5.74) is 0. The number of hydrogen-bond acceptors (Lipinski definition) is 15. The van der Waals surface area contributed by atoms with Crippen molar-refractivity contribution in [3.8, 4) is 0 Å². The van der Waals surface area contributed by atoms with Gasteiger partial charge in [-0.25, -0.2) is 9.13 Å². The third-order valence-electron chi connectivity index (χ3n) is 23.4. The summed E-state index contributed by atoms with van der Waals surface area (Å²) in [4.78, 5) is 73.5. The Kier molecular flexibility index (Phi) is 85.5. The Hall–Kier alpha value is -1.94. The van der Waals surface area contributed by atoms with Crippen LogP contribution in [0.1, 0.15) is 523 Å². The molecule has 7 atom stereocenters. The SMILES string of the molecule is CCCCCCCCCCCCCCCCCCCCCCCC(=O)O[C@H](COC(=O)CCCCCCCCCCCC)COP(=O)(O)OC[C@H](O)COP(=O)(O)OC[C@@H](COC(=O)CCCCCCCCCCCCCCCCCCCCC(C)CC)OC(=O)CCCCCCCCCCCCCCCCCCCCC(C)CC. The van der Waals surface area contributed by atoms with Gasteiger partial charge in [0.2, 0.25) is 0 Å². The zero-order chi connectivity index (χ0) is 84.1. The highest BCUT2D eigenvalue weighted by atomic mass is 31.2. The number of hydrogen-bond donors (Lipinski definition) is 3. The minimum absolute atomic E-state index is 0.109. The van der Waals surface area contributed by atoms with Gasteiger partial charge in [0.15, 0.2) is 12.2 Å². The number of phosphoric ester groups is 2. The van der Waals surface area contributed by atoms with Crippen molar-refractivity contribution in [2.24, 2.45) is 11.8 Å². The van der Waals surface area contributed by atoms with Crippen LogP contribution in [0, 0.1) is 11.8 Å². The van der Waals surface area contributed by atoms with Crippen molar-refractivity contribution in [3.63, 3.8) is 0 Å². The maximum atomic E-state index is 13.2. The molecule has 684 valence electrons. The lowest BCUT2D eigenvalue weighted by Crippen LogP contribution is -2.30. The molecule has 0 heterocycles. The number of esters is 4. The second-order valence-corrected chi connectivity index (χ2v) is 37.9. The van der Waals surface area contributed by atoms with Gasteiger partial charge in [0.1, 0.15) is 19.3 Å². The molecule has 19 heteroatoms. The molecule has 17 nitrogen and oxygen atoms in total. The Morgan fingerprint density at radius 3 is 0.617 bits per heavy atom. The van der Waals surface area contributed by atoms with Crippen LogP contribution >= 0.6 is 15.6 Å². The molecule has 0 rings (SSSR count). The maximum Gasteiger partial charge on any atom is 0.472 e. The van der Waals surface area contributed by atoms with Gasteiger partial charge >= 0.3 is 39.5 Å². The number of rotatable bonds is 95. The summed E-state index contributed by atoms with van der Waals surface area (Å²) in [6.45, 7) is 9.86. The van der Waals surface area contributed by atoms with E-state index in [1.807, 2.05) is 0 Å². The van der Waals surface area contributed by atoms with Crippen LogP contribution in [-0.2, 0) is 65.4 Å². The standard InChI is InChI=1S/C96H188O17P2/c1-7-11-13-15-17-19-21-22-23-24-25-26-27-35-40-45-50-56-62-68-74-80-95(100)112-91(84-106-93(98)78-72-66-60-54-20-18-16-14-12-8-2)86-110-114(102,103)108-82-90(97)83-109-115(104,105)111-87-92(113-96(101)81-75-69-63-57-51-46-41-36-31-29-33-38-43-48-53-59-65-71-77-89(6)10-4)85-107-94(99)79-73-67-61-55-49-44-39-34-30-28-32-37-42-47-52-58-64-70-76-88(5)9-3/h88-92,97H,7-87H2,1-6H3,(H,102,103)(H,104,105)/t88?,89?,90-,91+,92+/m0/s1. The summed E-state index contributed by atoms with van der Waals surface area (Å²) in [5.74, 6) is -0.346. The Morgan fingerprint density at radius 1 is 0.243 bits per heavy atom. The van der Waals surface area contributed by atoms with Gasteiger partial charge in [-0.3, -0.25) is 37.3 Å². The van der Waals surface area contributed by atoms with Crippen molar-refractivity contribution in [3.05, 3.63) is 0 Å². The molecule has 0 aliphatic rings. The third kappa shape index (κ3) is 86.8. The molecule has 0 aromatic carbocycles. The fourth-order valence-corrected chi connectivity index (χ4v) is 16.7. The first-order valence-electron chi connectivity index (χ1n) is 49.6. The molecule has 0 aliphatic carbocycles. The lowest BCUT2D eigenvalue weighted by Gasteiger charge is -2.21. The van der Waals surface area contributed by atoms with Gasteiger partial charge in [0.25, 0.3) is 0 Å². The van der Waals surface area contributed by atoms with Crippen molar-refractivity contribution in [2.45, 2.75) is 541 Å². The largest absolute Gasteiger partial charge is 0.472 e. The number of carbonyl (C=O) groups is 4. The summed E-state index contributed by atoms with van der Waals surface area (Å²) in [7, 11) is -9.94. The number of aliphatic hydroxyl groups is 1. The van der Waals surface area contributed by atoms with E-state index in [2.05, 4.69) is 41.5 Å². The monoisotopic (exact) mass is 1680 g/mol. The number of phosphoric acid groups is 2. The van der Waals surface area contributed by atoms with E-state index in [1.165, 1.54) is 340 Å². The number of unbranched alkanes of at least 4 members (excludes halogenated alkanes) is 63. The van der Waals surface area contributed by atoms with E-state index in [1.54, 1.807) is 0 Å². The second kappa shape index (κ2) is 87.0. The van der Waals surface area contributed by atoms with Crippen molar-refractivity contribution < 1.29 is 80.2 Å².